The Morgan fingerprint density at radius 1 is 1.27 bits per heavy atom. The van der Waals surface area contributed by atoms with Crippen LogP contribution in [-0.2, 0) is 21.2 Å². The van der Waals surface area contributed by atoms with E-state index in [0.717, 1.165) is 35.4 Å². The number of carbonyl (C=O) groups is 1. The second kappa shape index (κ2) is 11.0. The van der Waals surface area contributed by atoms with Crippen LogP contribution in [0.25, 0.3) is 10.9 Å². The van der Waals surface area contributed by atoms with Gasteiger partial charge in [-0.1, -0.05) is 24.3 Å². The lowest BCUT2D eigenvalue weighted by molar-refractivity contribution is -0.385. The van der Waals surface area contributed by atoms with Gasteiger partial charge in [0.2, 0.25) is 15.9 Å². The van der Waals surface area contributed by atoms with Gasteiger partial charge in [-0.15, -0.1) is 0 Å². The number of H-pyrrole nitrogens is 1. The summed E-state index contributed by atoms with van der Waals surface area (Å²) in [7, 11) is -4.26. The fraction of sp³-hybridized carbons (Fsp3) is 0.333. The lowest BCUT2D eigenvalue weighted by atomic mass is 9.98. The molecule has 6 N–H and O–H groups in total. The third-order valence-corrected chi connectivity index (χ3v) is 7.95. The zero-order valence-corrected chi connectivity index (χ0v) is 20.8. The molecule has 37 heavy (non-hydrogen) atoms. The Bertz CT molecular complexity index is 1420. The van der Waals surface area contributed by atoms with E-state index in [1.807, 2.05) is 24.3 Å². The summed E-state index contributed by atoms with van der Waals surface area (Å²) in [5.41, 5.74) is 6.84. The molecule has 1 aliphatic rings. The second-order valence-electron chi connectivity index (χ2n) is 9.08. The van der Waals surface area contributed by atoms with Gasteiger partial charge < -0.3 is 20.9 Å². The Morgan fingerprint density at radius 2 is 2.05 bits per heavy atom. The highest BCUT2D eigenvalue weighted by Crippen LogP contribution is 2.22. The number of likely N-dealkylation sites (tertiary alicyclic amines) is 1. The van der Waals surface area contributed by atoms with Crippen molar-refractivity contribution in [2.75, 3.05) is 19.6 Å². The number of nitrogens with two attached hydrogens (primary N) is 1. The SMILES string of the molecule is N=C(N)N1CCCC(CNC(=O)[C@@H](Cc2c[nH]c3ccccc23)NS(=O)(=O)c2cccc([N+](=O)[O-])c2)C1. The van der Waals surface area contributed by atoms with Gasteiger partial charge in [-0.3, -0.25) is 20.3 Å². The average molecular weight is 528 g/mol. The number of piperidine rings is 1. The van der Waals surface area contributed by atoms with Crippen LogP contribution in [0, 0.1) is 21.4 Å². The minimum Gasteiger partial charge on any atom is -0.370 e. The monoisotopic (exact) mass is 527 g/mol. The first-order valence-corrected chi connectivity index (χ1v) is 13.3. The minimum atomic E-state index is -4.26. The normalized spacial score (nSPS) is 16.9. The number of hydrogen-bond acceptors (Lipinski definition) is 6. The Hall–Kier alpha value is -3.97. The molecule has 1 unspecified atom stereocenters. The number of para-hydroxylation sites is 1. The Morgan fingerprint density at radius 3 is 2.81 bits per heavy atom. The van der Waals surface area contributed by atoms with Gasteiger partial charge in [0, 0.05) is 48.9 Å². The molecule has 0 bridgehead atoms. The molecule has 4 rings (SSSR count). The van der Waals surface area contributed by atoms with Crippen molar-refractivity contribution < 1.29 is 18.1 Å². The molecule has 3 aromatic rings. The lowest BCUT2D eigenvalue weighted by Crippen LogP contribution is -2.51. The molecule has 2 heterocycles. The molecule has 2 atom stereocenters. The summed E-state index contributed by atoms with van der Waals surface area (Å²) < 4.78 is 28.8. The molecule has 1 aromatic heterocycles. The summed E-state index contributed by atoms with van der Waals surface area (Å²) >= 11 is 0. The molecule has 1 amide bonds. The summed E-state index contributed by atoms with van der Waals surface area (Å²) in [6.45, 7) is 1.51. The van der Waals surface area contributed by atoms with Crippen LogP contribution in [-0.4, -0.2) is 60.8 Å². The van der Waals surface area contributed by atoms with Gasteiger partial charge in [0.15, 0.2) is 5.96 Å². The van der Waals surface area contributed by atoms with Gasteiger partial charge in [-0.2, -0.15) is 4.72 Å². The van der Waals surface area contributed by atoms with Crippen molar-refractivity contribution in [1.29, 1.82) is 5.41 Å². The number of hydrogen-bond donors (Lipinski definition) is 5. The largest absolute Gasteiger partial charge is 0.370 e. The van der Waals surface area contributed by atoms with Gasteiger partial charge in [-0.25, -0.2) is 8.42 Å². The number of nitrogens with zero attached hydrogens (tertiary/aromatic N) is 2. The smallest absolute Gasteiger partial charge is 0.270 e. The number of rotatable bonds is 9. The predicted octanol–water partition coefficient (Wildman–Crippen LogP) is 1.69. The average Bonchev–Trinajstić information content (AvgIpc) is 3.29. The highest BCUT2D eigenvalue weighted by Gasteiger charge is 2.29. The van der Waals surface area contributed by atoms with Crippen molar-refractivity contribution in [2.24, 2.45) is 11.7 Å². The fourth-order valence-electron chi connectivity index (χ4n) is 4.55. The van der Waals surface area contributed by atoms with Gasteiger partial charge >= 0.3 is 0 Å². The molecule has 0 spiro atoms. The summed E-state index contributed by atoms with van der Waals surface area (Å²) in [6, 6.07) is 11.0. The van der Waals surface area contributed by atoms with E-state index in [9.17, 15) is 23.3 Å². The summed E-state index contributed by atoms with van der Waals surface area (Å²) in [5, 5.41) is 22.5. The number of amides is 1. The molecule has 2 aromatic carbocycles. The first kappa shape index (κ1) is 26.1. The molecule has 13 heteroatoms. The number of carbonyl (C=O) groups excluding carboxylic acids is 1. The summed E-state index contributed by atoms with van der Waals surface area (Å²) in [4.78, 5) is 28.3. The number of aromatic nitrogens is 1. The summed E-state index contributed by atoms with van der Waals surface area (Å²) in [5.74, 6) is -0.471. The molecular weight excluding hydrogens is 498 g/mol. The molecule has 1 aliphatic heterocycles. The number of nitro groups is 1. The zero-order chi connectivity index (χ0) is 26.6. The Balaban J connectivity index is 1.55. The van der Waals surface area contributed by atoms with E-state index in [1.165, 1.54) is 18.2 Å². The van der Waals surface area contributed by atoms with Crippen LogP contribution >= 0.6 is 0 Å². The number of fused-ring (bicyclic) bond motifs is 1. The van der Waals surface area contributed by atoms with Crippen molar-refractivity contribution in [2.45, 2.75) is 30.2 Å². The van der Waals surface area contributed by atoms with Crippen LogP contribution in [0.15, 0.2) is 59.6 Å². The molecule has 1 saturated heterocycles. The number of aromatic amines is 1. The van der Waals surface area contributed by atoms with Gasteiger partial charge in [0.25, 0.3) is 5.69 Å². The van der Waals surface area contributed by atoms with Crippen LogP contribution in [0.1, 0.15) is 18.4 Å². The maximum atomic E-state index is 13.3. The fourth-order valence-corrected chi connectivity index (χ4v) is 5.78. The first-order chi connectivity index (χ1) is 17.6. The molecule has 0 radical (unpaired) electrons. The highest BCUT2D eigenvalue weighted by molar-refractivity contribution is 7.89. The number of nitrogens with one attached hydrogen (secondary N) is 4. The Kier molecular flexibility index (Phi) is 7.74. The first-order valence-electron chi connectivity index (χ1n) is 11.8. The Labute approximate surface area is 213 Å². The zero-order valence-electron chi connectivity index (χ0n) is 20.0. The molecule has 196 valence electrons. The van der Waals surface area contributed by atoms with Crippen molar-refractivity contribution >= 4 is 38.5 Å². The van der Waals surface area contributed by atoms with Crippen LogP contribution in [0.2, 0.25) is 0 Å². The van der Waals surface area contributed by atoms with Crippen molar-refractivity contribution in [3.63, 3.8) is 0 Å². The molecular formula is C24H29N7O5S. The second-order valence-corrected chi connectivity index (χ2v) is 10.8. The van der Waals surface area contributed by atoms with E-state index < -0.39 is 26.9 Å². The third-order valence-electron chi connectivity index (χ3n) is 6.48. The van der Waals surface area contributed by atoms with Gasteiger partial charge in [0.1, 0.15) is 6.04 Å². The van der Waals surface area contributed by atoms with Crippen LogP contribution in [0.5, 0.6) is 0 Å². The number of sulfonamides is 1. The van der Waals surface area contributed by atoms with Crippen molar-refractivity contribution in [3.8, 4) is 0 Å². The predicted molar refractivity (Wildman–Crippen MR) is 138 cm³/mol. The van der Waals surface area contributed by atoms with Crippen LogP contribution < -0.4 is 15.8 Å². The van der Waals surface area contributed by atoms with E-state index in [2.05, 4.69) is 15.0 Å². The van der Waals surface area contributed by atoms with Crippen molar-refractivity contribution in [1.82, 2.24) is 19.9 Å². The van der Waals surface area contributed by atoms with E-state index in [0.29, 0.717) is 19.6 Å². The standard InChI is InChI=1S/C24H29N7O5S/c25-24(26)30-10-4-5-16(15-30)13-28-23(32)22(11-17-14-27-21-9-2-1-8-20(17)21)29-37(35,36)19-7-3-6-18(12-19)31(33)34/h1-3,6-9,12,14,16,22,27,29H,4-5,10-11,13,15H2,(H3,25,26)(H,28,32)/t16?,22-/m1/s1. The number of benzene rings is 2. The topological polar surface area (TPSA) is 187 Å². The lowest BCUT2D eigenvalue weighted by Gasteiger charge is -2.33. The maximum Gasteiger partial charge on any atom is 0.270 e. The van der Waals surface area contributed by atoms with Crippen molar-refractivity contribution in [3.05, 3.63) is 70.4 Å². The molecule has 12 nitrogen and oxygen atoms in total. The van der Waals surface area contributed by atoms with Crippen LogP contribution in [0.3, 0.4) is 0 Å². The highest BCUT2D eigenvalue weighted by atomic mass is 32.2. The minimum absolute atomic E-state index is 0.0158. The number of nitro benzene ring substituents is 1. The van der Waals surface area contributed by atoms with E-state index >= 15 is 0 Å². The number of non-ortho nitro benzene ring substituents is 1. The van der Waals surface area contributed by atoms with E-state index in [4.69, 9.17) is 11.1 Å². The quantitative estimate of drug-likeness (QED) is 0.121. The van der Waals surface area contributed by atoms with E-state index in [1.54, 1.807) is 11.1 Å². The number of guanidine groups is 1. The molecule has 0 saturated carbocycles. The van der Waals surface area contributed by atoms with Crippen LogP contribution in [0.4, 0.5) is 5.69 Å². The van der Waals surface area contributed by atoms with E-state index in [-0.39, 0.29) is 28.9 Å². The maximum absolute atomic E-state index is 13.3. The third kappa shape index (κ3) is 6.24. The van der Waals surface area contributed by atoms with Gasteiger partial charge in [0.05, 0.1) is 9.82 Å². The molecule has 0 aliphatic carbocycles. The summed E-state index contributed by atoms with van der Waals surface area (Å²) in [6.07, 6.45) is 3.47. The molecule has 1 fully saturated rings. The van der Waals surface area contributed by atoms with Gasteiger partial charge in [-0.05, 0) is 42.9 Å².